The minimum Gasteiger partial charge on any atom is -0.497 e. The lowest BCUT2D eigenvalue weighted by Gasteiger charge is -2.21. The van der Waals surface area contributed by atoms with E-state index in [-0.39, 0.29) is 18.3 Å². The molecule has 10 N–H and O–H groups in total. The lowest BCUT2D eigenvalue weighted by molar-refractivity contribution is 0.0685. The molecule has 1 atom stereocenters. The molecule has 3 aromatic rings. The summed E-state index contributed by atoms with van der Waals surface area (Å²) in [5.74, 6) is 0.00737. The van der Waals surface area contributed by atoms with Gasteiger partial charge in [-0.05, 0) is 61.4 Å². The zero-order chi connectivity index (χ0) is 28.4. The fourth-order valence-electron chi connectivity index (χ4n) is 3.90. The number of anilines is 4. The molecule has 0 fully saturated rings. The monoisotopic (exact) mass is 536 g/mol. The highest BCUT2D eigenvalue weighted by Gasteiger charge is 2.16. The van der Waals surface area contributed by atoms with E-state index in [0.717, 1.165) is 11.3 Å². The SMILES string of the molecule is CCO[C@H](CCNc1c(N)cc(C(N)=O)cc1OCc1ccc(OC)cc1)CNc1ccc(C(N)=O)cc1N. The van der Waals surface area contributed by atoms with Gasteiger partial charge in [-0.1, -0.05) is 12.1 Å². The largest absolute Gasteiger partial charge is 0.497 e. The van der Waals surface area contributed by atoms with Crippen molar-refractivity contribution in [3.8, 4) is 11.5 Å². The molecule has 208 valence electrons. The lowest BCUT2D eigenvalue weighted by atomic mass is 10.1. The molecule has 0 aromatic heterocycles. The molecular weight excluding hydrogens is 500 g/mol. The molecule has 2 amide bonds. The second kappa shape index (κ2) is 13.8. The minimum absolute atomic E-state index is 0.160. The van der Waals surface area contributed by atoms with E-state index in [1.165, 1.54) is 12.1 Å². The number of benzene rings is 3. The van der Waals surface area contributed by atoms with Crippen LogP contribution in [0.3, 0.4) is 0 Å². The maximum absolute atomic E-state index is 11.8. The predicted octanol–water partition coefficient (Wildman–Crippen LogP) is 2.96. The van der Waals surface area contributed by atoms with Gasteiger partial charge in [-0.15, -0.1) is 0 Å². The summed E-state index contributed by atoms with van der Waals surface area (Å²) in [6.45, 7) is 3.67. The molecule has 0 saturated heterocycles. The molecule has 0 aliphatic heterocycles. The molecule has 3 rings (SSSR count). The third kappa shape index (κ3) is 8.17. The fourth-order valence-corrected chi connectivity index (χ4v) is 3.90. The Bertz CT molecular complexity index is 1280. The second-order valence-electron chi connectivity index (χ2n) is 8.78. The summed E-state index contributed by atoms with van der Waals surface area (Å²) in [5.41, 5.74) is 26.6. The van der Waals surface area contributed by atoms with Gasteiger partial charge < -0.3 is 47.8 Å². The molecule has 0 radical (unpaired) electrons. The van der Waals surface area contributed by atoms with Gasteiger partial charge in [0, 0.05) is 30.8 Å². The summed E-state index contributed by atoms with van der Waals surface area (Å²) < 4.78 is 17.1. The number of amides is 2. The van der Waals surface area contributed by atoms with Crippen molar-refractivity contribution in [1.29, 1.82) is 0 Å². The van der Waals surface area contributed by atoms with Crippen molar-refractivity contribution in [3.63, 3.8) is 0 Å². The summed E-state index contributed by atoms with van der Waals surface area (Å²) >= 11 is 0. The number of carbonyl (C=O) groups is 2. The normalized spacial score (nSPS) is 11.4. The number of hydrogen-bond donors (Lipinski definition) is 6. The van der Waals surface area contributed by atoms with Crippen molar-refractivity contribution in [2.75, 3.05) is 48.9 Å². The van der Waals surface area contributed by atoms with E-state index >= 15 is 0 Å². The molecule has 0 saturated carbocycles. The summed E-state index contributed by atoms with van der Waals surface area (Å²) in [6.07, 6.45) is 0.460. The summed E-state index contributed by atoms with van der Waals surface area (Å²) in [7, 11) is 1.60. The van der Waals surface area contributed by atoms with Crippen molar-refractivity contribution in [1.82, 2.24) is 0 Å². The van der Waals surface area contributed by atoms with Crippen LogP contribution in [0, 0.1) is 0 Å². The highest BCUT2D eigenvalue weighted by Crippen LogP contribution is 2.33. The van der Waals surface area contributed by atoms with Crippen LogP contribution in [0.15, 0.2) is 54.6 Å². The third-order valence-electron chi connectivity index (χ3n) is 6.00. The van der Waals surface area contributed by atoms with Gasteiger partial charge in [0.15, 0.2) is 0 Å². The van der Waals surface area contributed by atoms with Gasteiger partial charge >= 0.3 is 0 Å². The van der Waals surface area contributed by atoms with Crippen LogP contribution in [-0.2, 0) is 11.3 Å². The number of nitrogens with two attached hydrogens (primary N) is 4. The van der Waals surface area contributed by atoms with Crippen molar-refractivity contribution in [2.45, 2.75) is 26.1 Å². The summed E-state index contributed by atoms with van der Waals surface area (Å²) in [6, 6.07) is 15.4. The highest BCUT2D eigenvalue weighted by molar-refractivity contribution is 5.96. The van der Waals surface area contributed by atoms with Crippen LogP contribution in [-0.4, -0.2) is 44.7 Å². The first kappa shape index (κ1) is 28.9. The average Bonchev–Trinajstić information content (AvgIpc) is 2.92. The van der Waals surface area contributed by atoms with Crippen LogP contribution >= 0.6 is 0 Å². The van der Waals surface area contributed by atoms with Crippen LogP contribution in [0.2, 0.25) is 0 Å². The number of rotatable bonds is 15. The number of hydrogen-bond acceptors (Lipinski definition) is 9. The van der Waals surface area contributed by atoms with Crippen molar-refractivity contribution in [2.24, 2.45) is 11.5 Å². The number of nitrogens with one attached hydrogen (secondary N) is 2. The van der Waals surface area contributed by atoms with E-state index in [2.05, 4.69) is 10.6 Å². The van der Waals surface area contributed by atoms with Gasteiger partial charge in [-0.2, -0.15) is 0 Å². The Hall–Kier alpha value is -4.64. The molecule has 11 heteroatoms. The van der Waals surface area contributed by atoms with Gasteiger partial charge in [-0.3, -0.25) is 9.59 Å². The van der Waals surface area contributed by atoms with E-state index in [4.69, 9.17) is 37.1 Å². The Kier molecular flexibility index (Phi) is 10.2. The first-order chi connectivity index (χ1) is 18.7. The quantitative estimate of drug-likeness (QED) is 0.159. The van der Waals surface area contributed by atoms with E-state index < -0.39 is 11.8 Å². The van der Waals surface area contributed by atoms with Gasteiger partial charge in [0.05, 0.1) is 30.3 Å². The van der Waals surface area contributed by atoms with Gasteiger partial charge in [0.2, 0.25) is 11.8 Å². The maximum Gasteiger partial charge on any atom is 0.248 e. The predicted molar refractivity (Wildman–Crippen MR) is 153 cm³/mol. The molecule has 0 spiro atoms. The van der Waals surface area contributed by atoms with Crippen LogP contribution in [0.5, 0.6) is 11.5 Å². The average molecular weight is 537 g/mol. The van der Waals surface area contributed by atoms with Crippen LogP contribution in [0.1, 0.15) is 39.6 Å². The van der Waals surface area contributed by atoms with Gasteiger partial charge in [0.25, 0.3) is 0 Å². The smallest absolute Gasteiger partial charge is 0.248 e. The highest BCUT2D eigenvalue weighted by atomic mass is 16.5. The standard InChI is InChI=1S/C28H36N6O5/c1-3-38-21(15-34-24-9-6-18(27(31)35)12-22(24)29)10-11-33-26-23(30)13-19(28(32)36)14-25(26)39-16-17-4-7-20(37-2)8-5-17/h4-9,12-14,21,33-34H,3,10-11,15-16,29-30H2,1-2H3,(H2,31,35)(H2,32,36)/t21-/m1/s1. The molecule has 0 aliphatic rings. The fraction of sp³-hybridized carbons (Fsp3) is 0.286. The molecule has 0 heterocycles. The number of nitrogen functional groups attached to an aromatic ring is 2. The molecule has 0 bridgehead atoms. The lowest BCUT2D eigenvalue weighted by Crippen LogP contribution is -2.26. The molecule has 11 nitrogen and oxygen atoms in total. The van der Waals surface area contributed by atoms with Crippen molar-refractivity contribution < 1.29 is 23.8 Å². The van der Waals surface area contributed by atoms with E-state index in [1.807, 2.05) is 31.2 Å². The van der Waals surface area contributed by atoms with E-state index in [0.29, 0.717) is 60.2 Å². The first-order valence-electron chi connectivity index (χ1n) is 12.5. The Balaban J connectivity index is 1.66. The molecule has 3 aromatic carbocycles. The molecule has 0 aliphatic carbocycles. The number of primary amides is 2. The van der Waals surface area contributed by atoms with Crippen molar-refractivity contribution >= 4 is 34.6 Å². The van der Waals surface area contributed by atoms with E-state index in [9.17, 15) is 9.59 Å². The van der Waals surface area contributed by atoms with Crippen molar-refractivity contribution in [3.05, 3.63) is 71.3 Å². The Morgan fingerprint density at radius 2 is 1.59 bits per heavy atom. The topological polar surface area (TPSA) is 190 Å². The molecule has 0 unspecified atom stereocenters. The summed E-state index contributed by atoms with van der Waals surface area (Å²) in [4.78, 5) is 23.2. The first-order valence-corrected chi connectivity index (χ1v) is 12.5. The van der Waals surface area contributed by atoms with Gasteiger partial charge in [-0.25, -0.2) is 0 Å². The zero-order valence-corrected chi connectivity index (χ0v) is 22.2. The summed E-state index contributed by atoms with van der Waals surface area (Å²) in [5, 5.41) is 6.58. The molecular formula is C28H36N6O5. The number of methoxy groups -OCH3 is 1. The van der Waals surface area contributed by atoms with Crippen LogP contribution in [0.25, 0.3) is 0 Å². The third-order valence-corrected chi connectivity index (χ3v) is 6.00. The maximum atomic E-state index is 11.8. The Morgan fingerprint density at radius 3 is 2.21 bits per heavy atom. The Labute approximate surface area is 227 Å². The van der Waals surface area contributed by atoms with Crippen LogP contribution in [0.4, 0.5) is 22.7 Å². The minimum atomic E-state index is -0.604. The second-order valence-corrected chi connectivity index (χ2v) is 8.78. The zero-order valence-electron chi connectivity index (χ0n) is 22.2. The Morgan fingerprint density at radius 1 is 0.897 bits per heavy atom. The number of carbonyl (C=O) groups excluding carboxylic acids is 2. The molecule has 39 heavy (non-hydrogen) atoms. The van der Waals surface area contributed by atoms with Gasteiger partial charge in [0.1, 0.15) is 23.8 Å². The van der Waals surface area contributed by atoms with Crippen LogP contribution < -0.4 is 43.0 Å². The van der Waals surface area contributed by atoms with E-state index in [1.54, 1.807) is 25.3 Å². The number of ether oxygens (including phenoxy) is 3.